The number of unbranched alkanes of at least 4 members (excludes halogenated alkanes) is 1. The first-order chi connectivity index (χ1) is 16.2. The summed E-state index contributed by atoms with van der Waals surface area (Å²) >= 11 is 0. The molecule has 5 nitrogen and oxygen atoms in total. The summed E-state index contributed by atoms with van der Waals surface area (Å²) in [7, 11) is 0. The summed E-state index contributed by atoms with van der Waals surface area (Å²) in [5.74, 6) is 3.33. The number of para-hydroxylation sites is 1. The van der Waals surface area contributed by atoms with E-state index < -0.39 is 5.97 Å². The second kappa shape index (κ2) is 13.2. The van der Waals surface area contributed by atoms with E-state index in [1.165, 1.54) is 19.3 Å². The third-order valence-electron chi connectivity index (χ3n) is 5.24. The van der Waals surface area contributed by atoms with Crippen molar-refractivity contribution in [3.8, 4) is 28.7 Å². The number of hydrogen-bond donors (Lipinski definition) is 0. The van der Waals surface area contributed by atoms with E-state index in [-0.39, 0.29) is 6.61 Å². The predicted molar refractivity (Wildman–Crippen MR) is 129 cm³/mol. The van der Waals surface area contributed by atoms with Gasteiger partial charge in [0.1, 0.15) is 28.7 Å². The lowest BCUT2D eigenvalue weighted by molar-refractivity contribution is -0.136. The molecule has 3 aromatic rings. The van der Waals surface area contributed by atoms with Gasteiger partial charge < -0.3 is 18.9 Å². The standard InChI is InChI=1S/C28H32O5/c1-3-5-9-22(4-2)20-30-23-12-14-24(15-13-23)31-21-28(29)33-27-18-16-26(17-19-27)32-25-10-7-6-8-11-25/h6-8,10-19,22H,3-5,9,20-21H2,1-2H3. The first-order valence-electron chi connectivity index (χ1n) is 11.6. The Labute approximate surface area is 196 Å². The fourth-order valence-electron chi connectivity index (χ4n) is 3.25. The van der Waals surface area contributed by atoms with Crippen LogP contribution in [0.5, 0.6) is 28.7 Å². The third-order valence-corrected chi connectivity index (χ3v) is 5.24. The Morgan fingerprint density at radius 3 is 1.94 bits per heavy atom. The van der Waals surface area contributed by atoms with E-state index in [0.717, 1.165) is 24.5 Å². The Balaban J connectivity index is 1.40. The molecule has 0 fully saturated rings. The Kier molecular flexibility index (Phi) is 9.64. The van der Waals surface area contributed by atoms with E-state index in [1.807, 2.05) is 42.5 Å². The number of esters is 1. The van der Waals surface area contributed by atoms with Gasteiger partial charge in [-0.15, -0.1) is 0 Å². The summed E-state index contributed by atoms with van der Waals surface area (Å²) in [6, 6.07) is 23.7. The van der Waals surface area contributed by atoms with Crippen molar-refractivity contribution >= 4 is 5.97 Å². The molecule has 3 aromatic carbocycles. The van der Waals surface area contributed by atoms with E-state index in [4.69, 9.17) is 18.9 Å². The number of benzene rings is 3. The lowest BCUT2D eigenvalue weighted by Gasteiger charge is -2.15. The van der Waals surface area contributed by atoms with E-state index in [0.29, 0.717) is 23.2 Å². The van der Waals surface area contributed by atoms with Crippen molar-refractivity contribution in [1.82, 2.24) is 0 Å². The quantitative estimate of drug-likeness (QED) is 0.207. The van der Waals surface area contributed by atoms with Crippen LogP contribution in [0.25, 0.3) is 0 Å². The average molecular weight is 449 g/mol. The molecule has 1 unspecified atom stereocenters. The number of carbonyl (C=O) groups excluding carboxylic acids is 1. The van der Waals surface area contributed by atoms with Crippen LogP contribution in [0.3, 0.4) is 0 Å². The predicted octanol–water partition coefficient (Wildman–Crippen LogP) is 7.06. The van der Waals surface area contributed by atoms with Crippen LogP contribution in [0.1, 0.15) is 39.5 Å². The molecule has 1 atom stereocenters. The van der Waals surface area contributed by atoms with E-state index in [1.54, 1.807) is 36.4 Å². The van der Waals surface area contributed by atoms with E-state index >= 15 is 0 Å². The Morgan fingerprint density at radius 2 is 1.30 bits per heavy atom. The first kappa shape index (κ1) is 24.2. The molecule has 3 rings (SSSR count). The highest BCUT2D eigenvalue weighted by atomic mass is 16.6. The zero-order chi connectivity index (χ0) is 23.3. The van der Waals surface area contributed by atoms with Crippen LogP contribution < -0.4 is 18.9 Å². The highest BCUT2D eigenvalue weighted by Crippen LogP contribution is 2.24. The number of carbonyl (C=O) groups is 1. The van der Waals surface area contributed by atoms with Crippen LogP contribution >= 0.6 is 0 Å². The van der Waals surface area contributed by atoms with Crippen molar-refractivity contribution in [3.05, 3.63) is 78.9 Å². The lowest BCUT2D eigenvalue weighted by Crippen LogP contribution is -2.17. The van der Waals surface area contributed by atoms with Gasteiger partial charge in [-0.1, -0.05) is 51.3 Å². The fraction of sp³-hybridized carbons (Fsp3) is 0.321. The minimum Gasteiger partial charge on any atom is -0.493 e. The smallest absolute Gasteiger partial charge is 0.349 e. The topological polar surface area (TPSA) is 54.0 Å². The molecule has 33 heavy (non-hydrogen) atoms. The summed E-state index contributed by atoms with van der Waals surface area (Å²) in [6.45, 7) is 4.95. The molecule has 0 radical (unpaired) electrons. The summed E-state index contributed by atoms with van der Waals surface area (Å²) in [4.78, 5) is 12.1. The SMILES string of the molecule is CCCCC(CC)COc1ccc(OCC(=O)Oc2ccc(Oc3ccccc3)cc2)cc1. The van der Waals surface area contributed by atoms with Crippen LogP contribution in [0.4, 0.5) is 0 Å². The maximum Gasteiger partial charge on any atom is 0.349 e. The normalized spacial score (nSPS) is 11.5. The third kappa shape index (κ3) is 8.53. The van der Waals surface area contributed by atoms with Crippen molar-refractivity contribution in [2.75, 3.05) is 13.2 Å². The highest BCUT2D eigenvalue weighted by molar-refractivity contribution is 5.74. The van der Waals surface area contributed by atoms with Gasteiger partial charge in [-0.05, 0) is 73.0 Å². The van der Waals surface area contributed by atoms with Gasteiger partial charge in [-0.2, -0.15) is 0 Å². The molecule has 0 aliphatic heterocycles. The second-order valence-corrected chi connectivity index (χ2v) is 7.85. The van der Waals surface area contributed by atoms with Gasteiger partial charge in [0, 0.05) is 0 Å². The average Bonchev–Trinajstić information content (AvgIpc) is 2.85. The molecule has 0 saturated heterocycles. The molecule has 0 amide bonds. The summed E-state index contributed by atoms with van der Waals surface area (Å²) in [6.07, 6.45) is 4.75. The molecular formula is C28H32O5. The molecule has 0 bridgehead atoms. The molecule has 0 aromatic heterocycles. The lowest BCUT2D eigenvalue weighted by atomic mass is 10.0. The molecule has 0 aliphatic carbocycles. The number of rotatable bonds is 13. The molecule has 0 N–H and O–H groups in total. The maximum absolute atomic E-state index is 12.1. The fourth-order valence-corrected chi connectivity index (χ4v) is 3.25. The second-order valence-electron chi connectivity index (χ2n) is 7.85. The number of hydrogen-bond acceptors (Lipinski definition) is 5. The van der Waals surface area contributed by atoms with Gasteiger partial charge in [-0.3, -0.25) is 0 Å². The Morgan fingerprint density at radius 1 is 0.727 bits per heavy atom. The minimum atomic E-state index is -0.478. The van der Waals surface area contributed by atoms with E-state index in [9.17, 15) is 4.79 Å². The Bertz CT molecular complexity index is 952. The van der Waals surface area contributed by atoms with Gasteiger partial charge in [0.2, 0.25) is 0 Å². The van der Waals surface area contributed by atoms with Crippen molar-refractivity contribution in [2.24, 2.45) is 5.92 Å². The molecule has 5 heteroatoms. The molecular weight excluding hydrogens is 416 g/mol. The largest absolute Gasteiger partial charge is 0.493 e. The zero-order valence-corrected chi connectivity index (χ0v) is 19.4. The summed E-state index contributed by atoms with van der Waals surface area (Å²) < 4.78 is 22.5. The van der Waals surface area contributed by atoms with Gasteiger partial charge in [0.25, 0.3) is 0 Å². The van der Waals surface area contributed by atoms with Gasteiger partial charge >= 0.3 is 5.97 Å². The van der Waals surface area contributed by atoms with Crippen molar-refractivity contribution in [1.29, 1.82) is 0 Å². The van der Waals surface area contributed by atoms with Crippen LogP contribution in [0, 0.1) is 5.92 Å². The maximum atomic E-state index is 12.1. The summed E-state index contributed by atoms with van der Waals surface area (Å²) in [5.41, 5.74) is 0. The Hall–Kier alpha value is -3.47. The molecule has 174 valence electrons. The zero-order valence-electron chi connectivity index (χ0n) is 19.4. The van der Waals surface area contributed by atoms with Crippen LogP contribution in [0.2, 0.25) is 0 Å². The van der Waals surface area contributed by atoms with Crippen LogP contribution in [-0.2, 0) is 4.79 Å². The van der Waals surface area contributed by atoms with Gasteiger partial charge in [-0.25, -0.2) is 4.79 Å². The monoisotopic (exact) mass is 448 g/mol. The number of ether oxygens (including phenoxy) is 4. The molecule has 0 aliphatic rings. The van der Waals surface area contributed by atoms with E-state index in [2.05, 4.69) is 13.8 Å². The molecule has 0 spiro atoms. The van der Waals surface area contributed by atoms with Crippen LogP contribution in [-0.4, -0.2) is 19.2 Å². The summed E-state index contributed by atoms with van der Waals surface area (Å²) in [5, 5.41) is 0. The van der Waals surface area contributed by atoms with Crippen LogP contribution in [0.15, 0.2) is 78.9 Å². The van der Waals surface area contributed by atoms with Crippen molar-refractivity contribution in [3.63, 3.8) is 0 Å². The van der Waals surface area contributed by atoms with Gasteiger partial charge in [0.15, 0.2) is 6.61 Å². The molecule has 0 saturated carbocycles. The highest BCUT2D eigenvalue weighted by Gasteiger charge is 2.09. The first-order valence-corrected chi connectivity index (χ1v) is 11.6. The minimum absolute atomic E-state index is 0.183. The van der Waals surface area contributed by atoms with Crippen molar-refractivity contribution < 1.29 is 23.7 Å². The molecule has 0 heterocycles. The van der Waals surface area contributed by atoms with Crippen molar-refractivity contribution in [2.45, 2.75) is 39.5 Å². The van der Waals surface area contributed by atoms with Gasteiger partial charge in [0.05, 0.1) is 6.61 Å².